The van der Waals surface area contributed by atoms with Crippen LogP contribution in [0.1, 0.15) is 32.4 Å². The van der Waals surface area contributed by atoms with Crippen LogP contribution in [-0.4, -0.2) is 24.5 Å². The minimum atomic E-state index is -0.943. The summed E-state index contributed by atoms with van der Waals surface area (Å²) in [7, 11) is 0. The Morgan fingerprint density at radius 1 is 1.14 bits per heavy atom. The van der Waals surface area contributed by atoms with Crippen LogP contribution in [0.5, 0.6) is 0 Å². The third-order valence-electron chi connectivity index (χ3n) is 2.69. The molecular weight excluding hydrogens is 280 g/mol. The Hall–Kier alpha value is -2.02. The van der Waals surface area contributed by atoms with Gasteiger partial charge in [0.1, 0.15) is 0 Å². The zero-order chi connectivity index (χ0) is 16.0. The Balaban J connectivity index is 2.45. The van der Waals surface area contributed by atoms with E-state index in [1.54, 1.807) is 20.8 Å². The highest BCUT2D eigenvalue weighted by Gasteiger charge is 2.12. The van der Waals surface area contributed by atoms with Crippen LogP contribution in [-0.2, 0) is 4.79 Å². The van der Waals surface area contributed by atoms with Gasteiger partial charge in [-0.2, -0.15) is 0 Å². The molecule has 5 nitrogen and oxygen atoms in total. The Morgan fingerprint density at radius 3 is 2.38 bits per heavy atom. The molecule has 0 aliphatic carbocycles. The number of urea groups is 1. The van der Waals surface area contributed by atoms with Crippen molar-refractivity contribution in [2.45, 2.75) is 32.9 Å². The van der Waals surface area contributed by atoms with E-state index in [-0.39, 0.29) is 18.6 Å². The van der Waals surface area contributed by atoms with Crippen molar-refractivity contribution >= 4 is 11.9 Å². The van der Waals surface area contributed by atoms with E-state index in [9.17, 15) is 18.4 Å². The van der Waals surface area contributed by atoms with E-state index in [4.69, 9.17) is 0 Å². The van der Waals surface area contributed by atoms with Crippen molar-refractivity contribution in [1.82, 2.24) is 16.0 Å². The lowest BCUT2D eigenvalue weighted by atomic mass is 10.1. The molecular formula is C14H19F2N3O2. The highest BCUT2D eigenvalue weighted by Crippen LogP contribution is 2.15. The second-order valence-corrected chi connectivity index (χ2v) is 4.95. The zero-order valence-corrected chi connectivity index (χ0v) is 12.2. The highest BCUT2D eigenvalue weighted by atomic mass is 19.2. The van der Waals surface area contributed by atoms with Gasteiger partial charge in [-0.15, -0.1) is 0 Å². The van der Waals surface area contributed by atoms with Gasteiger partial charge in [-0.1, -0.05) is 6.07 Å². The molecule has 21 heavy (non-hydrogen) atoms. The van der Waals surface area contributed by atoms with Gasteiger partial charge in [-0.25, -0.2) is 13.6 Å². The molecule has 0 saturated heterocycles. The van der Waals surface area contributed by atoms with Gasteiger partial charge in [0.25, 0.3) is 0 Å². The second-order valence-electron chi connectivity index (χ2n) is 4.95. The van der Waals surface area contributed by atoms with Gasteiger partial charge < -0.3 is 10.6 Å². The van der Waals surface area contributed by atoms with E-state index < -0.39 is 23.6 Å². The van der Waals surface area contributed by atoms with Gasteiger partial charge >= 0.3 is 6.03 Å². The first-order valence-corrected chi connectivity index (χ1v) is 6.58. The number of amides is 3. The van der Waals surface area contributed by atoms with Crippen molar-refractivity contribution in [2.75, 3.05) is 6.54 Å². The predicted molar refractivity (Wildman–Crippen MR) is 74.6 cm³/mol. The van der Waals surface area contributed by atoms with Crippen LogP contribution in [0.15, 0.2) is 18.2 Å². The molecule has 0 aliphatic heterocycles. The lowest BCUT2D eigenvalue weighted by molar-refractivity contribution is -0.119. The van der Waals surface area contributed by atoms with Crippen LogP contribution in [0.2, 0.25) is 0 Å². The molecule has 0 aromatic heterocycles. The van der Waals surface area contributed by atoms with Crippen LogP contribution in [0.3, 0.4) is 0 Å². The van der Waals surface area contributed by atoms with Gasteiger partial charge in [0.05, 0.1) is 6.54 Å². The molecule has 1 aromatic rings. The maximum Gasteiger partial charge on any atom is 0.321 e. The van der Waals surface area contributed by atoms with Crippen molar-refractivity contribution < 1.29 is 18.4 Å². The molecule has 0 saturated carbocycles. The van der Waals surface area contributed by atoms with E-state index in [1.165, 1.54) is 6.07 Å². The smallest absolute Gasteiger partial charge is 0.321 e. The van der Waals surface area contributed by atoms with Gasteiger partial charge in [0.15, 0.2) is 11.6 Å². The number of carbonyl (C=O) groups is 2. The topological polar surface area (TPSA) is 70.2 Å². The largest absolute Gasteiger partial charge is 0.336 e. The van der Waals surface area contributed by atoms with Crippen molar-refractivity contribution in [3.8, 4) is 0 Å². The van der Waals surface area contributed by atoms with E-state index in [2.05, 4.69) is 16.0 Å². The van der Waals surface area contributed by atoms with Crippen molar-refractivity contribution in [3.05, 3.63) is 35.4 Å². The molecule has 0 radical (unpaired) electrons. The predicted octanol–water partition coefficient (Wildman–Crippen LogP) is 1.85. The molecule has 7 heteroatoms. The summed E-state index contributed by atoms with van der Waals surface area (Å²) >= 11 is 0. The van der Waals surface area contributed by atoms with Crippen molar-refractivity contribution in [3.63, 3.8) is 0 Å². The minimum absolute atomic E-state index is 0.0770. The SMILES string of the molecule is CC(C)NC(=O)NC(=O)CN[C@@H](C)c1ccc(F)c(F)c1. The Kier molecular flexibility index (Phi) is 6.23. The minimum Gasteiger partial charge on any atom is -0.336 e. The first kappa shape index (κ1) is 17.0. The third-order valence-corrected chi connectivity index (χ3v) is 2.69. The van der Waals surface area contributed by atoms with Gasteiger partial charge in [-0.05, 0) is 38.5 Å². The van der Waals surface area contributed by atoms with Crippen LogP contribution in [0.25, 0.3) is 0 Å². The Morgan fingerprint density at radius 2 is 1.81 bits per heavy atom. The molecule has 0 unspecified atom stereocenters. The van der Waals surface area contributed by atoms with Crippen LogP contribution in [0, 0.1) is 11.6 Å². The molecule has 116 valence electrons. The van der Waals surface area contributed by atoms with E-state index in [0.717, 1.165) is 12.1 Å². The quantitative estimate of drug-likeness (QED) is 0.777. The van der Waals surface area contributed by atoms with Crippen LogP contribution in [0.4, 0.5) is 13.6 Å². The molecule has 0 spiro atoms. The summed E-state index contributed by atoms with van der Waals surface area (Å²) in [5, 5.41) is 7.49. The van der Waals surface area contributed by atoms with Gasteiger partial charge in [0.2, 0.25) is 5.91 Å². The average molecular weight is 299 g/mol. The lowest BCUT2D eigenvalue weighted by Gasteiger charge is -2.14. The number of hydrogen-bond acceptors (Lipinski definition) is 3. The molecule has 0 fully saturated rings. The molecule has 1 aromatic carbocycles. The van der Waals surface area contributed by atoms with Gasteiger partial charge in [0, 0.05) is 12.1 Å². The van der Waals surface area contributed by atoms with Gasteiger partial charge in [-0.3, -0.25) is 10.1 Å². The Labute approximate surface area is 122 Å². The fourth-order valence-electron chi connectivity index (χ4n) is 1.61. The molecule has 0 bridgehead atoms. The van der Waals surface area contributed by atoms with E-state index in [1.807, 2.05) is 0 Å². The number of hydrogen-bond donors (Lipinski definition) is 3. The number of halogens is 2. The standard InChI is InChI=1S/C14H19F2N3O2/c1-8(2)18-14(21)19-13(20)7-17-9(3)10-4-5-11(15)12(16)6-10/h4-6,8-9,17H,7H2,1-3H3,(H2,18,19,20,21)/t9-/m0/s1. The average Bonchev–Trinajstić information content (AvgIpc) is 2.38. The summed E-state index contributed by atoms with van der Waals surface area (Å²) in [6.45, 7) is 5.13. The fraction of sp³-hybridized carbons (Fsp3) is 0.429. The summed E-state index contributed by atoms with van der Waals surface area (Å²) in [5.41, 5.74) is 0.508. The maximum absolute atomic E-state index is 13.1. The summed E-state index contributed by atoms with van der Waals surface area (Å²) in [4.78, 5) is 22.8. The fourth-order valence-corrected chi connectivity index (χ4v) is 1.61. The maximum atomic E-state index is 13.1. The number of benzene rings is 1. The highest BCUT2D eigenvalue weighted by molar-refractivity contribution is 5.95. The molecule has 0 aliphatic rings. The van der Waals surface area contributed by atoms with Crippen molar-refractivity contribution in [2.24, 2.45) is 0 Å². The number of imide groups is 1. The molecule has 3 N–H and O–H groups in total. The lowest BCUT2D eigenvalue weighted by Crippen LogP contribution is -2.45. The third kappa shape index (κ3) is 5.86. The van der Waals surface area contributed by atoms with Crippen molar-refractivity contribution in [1.29, 1.82) is 0 Å². The summed E-state index contributed by atoms with van der Waals surface area (Å²) in [5.74, 6) is -2.38. The first-order chi connectivity index (χ1) is 9.79. The number of nitrogens with one attached hydrogen (secondary N) is 3. The molecule has 1 atom stereocenters. The first-order valence-electron chi connectivity index (χ1n) is 6.58. The molecule has 0 heterocycles. The molecule has 3 amide bonds. The summed E-state index contributed by atoms with van der Waals surface area (Å²) in [6.07, 6.45) is 0. The monoisotopic (exact) mass is 299 g/mol. The van der Waals surface area contributed by atoms with Crippen LogP contribution < -0.4 is 16.0 Å². The number of carbonyl (C=O) groups excluding carboxylic acids is 2. The van der Waals surface area contributed by atoms with Crippen LogP contribution >= 0.6 is 0 Å². The Bertz CT molecular complexity index is 521. The summed E-state index contributed by atoms with van der Waals surface area (Å²) < 4.78 is 25.9. The molecule has 1 rings (SSSR count). The zero-order valence-electron chi connectivity index (χ0n) is 12.2. The van der Waals surface area contributed by atoms with E-state index >= 15 is 0 Å². The normalized spacial score (nSPS) is 12.1. The second kappa shape index (κ2) is 7.68. The number of rotatable bonds is 5. The summed E-state index contributed by atoms with van der Waals surface area (Å²) in [6, 6.07) is 2.51. The van der Waals surface area contributed by atoms with E-state index in [0.29, 0.717) is 5.56 Å².